The Morgan fingerprint density at radius 3 is 2.63 bits per heavy atom. The fourth-order valence-corrected chi connectivity index (χ4v) is 3.85. The van der Waals surface area contributed by atoms with Crippen LogP contribution in [0.2, 0.25) is 10.3 Å². The Bertz CT molecular complexity index is 1080. The van der Waals surface area contributed by atoms with E-state index in [4.69, 9.17) is 32.7 Å². The molecule has 1 saturated heterocycles. The molecule has 7 nitrogen and oxygen atoms in total. The number of hydrogen-bond donors (Lipinski definition) is 0. The summed E-state index contributed by atoms with van der Waals surface area (Å²) >= 11 is 12.6. The Morgan fingerprint density at radius 1 is 1.20 bits per heavy atom. The summed E-state index contributed by atoms with van der Waals surface area (Å²) in [6.45, 7) is 6.97. The van der Waals surface area contributed by atoms with Crippen molar-refractivity contribution in [1.82, 2.24) is 19.4 Å². The second-order valence-corrected chi connectivity index (χ2v) is 8.83. The van der Waals surface area contributed by atoms with Gasteiger partial charge in [-0.1, -0.05) is 35.3 Å². The fourth-order valence-electron chi connectivity index (χ4n) is 3.38. The molecule has 4 rings (SSSR count). The van der Waals surface area contributed by atoms with Crippen molar-refractivity contribution < 1.29 is 14.3 Å². The molecule has 30 heavy (non-hydrogen) atoms. The van der Waals surface area contributed by atoms with Crippen LogP contribution in [0.3, 0.4) is 0 Å². The third kappa shape index (κ3) is 4.24. The van der Waals surface area contributed by atoms with E-state index in [2.05, 4.69) is 9.97 Å². The summed E-state index contributed by atoms with van der Waals surface area (Å²) in [5, 5.41) is 1.54. The number of ether oxygens (including phenoxy) is 2. The van der Waals surface area contributed by atoms with E-state index in [1.165, 1.54) is 6.33 Å². The zero-order valence-corrected chi connectivity index (χ0v) is 18.4. The molecule has 0 bridgehead atoms. The number of rotatable bonds is 2. The van der Waals surface area contributed by atoms with E-state index in [0.29, 0.717) is 41.0 Å². The minimum atomic E-state index is -0.530. The first-order chi connectivity index (χ1) is 14.2. The van der Waals surface area contributed by atoms with Crippen LogP contribution in [0.25, 0.3) is 16.7 Å². The quantitative estimate of drug-likeness (QED) is 0.513. The van der Waals surface area contributed by atoms with E-state index in [1.807, 2.05) is 49.6 Å². The molecule has 9 heteroatoms. The van der Waals surface area contributed by atoms with E-state index in [-0.39, 0.29) is 12.2 Å². The standard InChI is InChI=1S/C21H22Cl2N4O3/c1-21(2,3)30-20(28)26-8-9-29-16(11-26)13-4-6-14(7-5-13)27-17(22)10-15-18(23)24-12-25-19(15)27/h4-7,10,12,16H,8-9,11H2,1-3H3. The van der Waals surface area contributed by atoms with Crippen molar-refractivity contribution in [2.75, 3.05) is 19.7 Å². The second kappa shape index (κ2) is 8.06. The number of nitrogens with zero attached hydrogens (tertiary/aromatic N) is 4. The third-order valence-electron chi connectivity index (χ3n) is 4.74. The molecule has 1 fully saturated rings. The summed E-state index contributed by atoms with van der Waals surface area (Å²) in [5.74, 6) is 0. The van der Waals surface area contributed by atoms with Gasteiger partial charge in [0.2, 0.25) is 0 Å². The third-order valence-corrected chi connectivity index (χ3v) is 5.32. The zero-order chi connectivity index (χ0) is 21.5. The van der Waals surface area contributed by atoms with E-state index in [9.17, 15) is 4.79 Å². The number of carbonyl (C=O) groups is 1. The average molecular weight is 449 g/mol. The first-order valence-corrected chi connectivity index (χ1v) is 10.4. The molecule has 0 N–H and O–H groups in total. The number of aromatic nitrogens is 3. The van der Waals surface area contributed by atoms with Crippen molar-refractivity contribution in [3.8, 4) is 5.69 Å². The van der Waals surface area contributed by atoms with Gasteiger partial charge in [-0.25, -0.2) is 14.8 Å². The number of halogens is 2. The summed E-state index contributed by atoms with van der Waals surface area (Å²) in [4.78, 5) is 22.4. The first kappa shape index (κ1) is 20.9. The van der Waals surface area contributed by atoms with Crippen LogP contribution < -0.4 is 0 Å². The van der Waals surface area contributed by atoms with Crippen LogP contribution in [-0.2, 0) is 9.47 Å². The smallest absolute Gasteiger partial charge is 0.410 e. The Kier molecular flexibility index (Phi) is 5.61. The molecule has 1 atom stereocenters. The summed E-state index contributed by atoms with van der Waals surface area (Å²) in [6.07, 6.45) is 0.857. The lowest BCUT2D eigenvalue weighted by Crippen LogP contribution is -2.44. The van der Waals surface area contributed by atoms with Gasteiger partial charge in [0, 0.05) is 12.2 Å². The molecule has 0 spiro atoms. The zero-order valence-electron chi connectivity index (χ0n) is 16.9. The summed E-state index contributed by atoms with van der Waals surface area (Å²) < 4.78 is 13.2. The Labute approximate surface area is 184 Å². The lowest BCUT2D eigenvalue weighted by Gasteiger charge is -2.34. The molecule has 0 radical (unpaired) electrons. The molecule has 0 aliphatic carbocycles. The average Bonchev–Trinajstić information content (AvgIpc) is 3.04. The van der Waals surface area contributed by atoms with Crippen LogP contribution in [0.1, 0.15) is 32.4 Å². The molecule has 3 aromatic rings. The number of hydrogen-bond acceptors (Lipinski definition) is 5. The van der Waals surface area contributed by atoms with E-state index < -0.39 is 5.60 Å². The molecular formula is C21H22Cl2N4O3. The minimum Gasteiger partial charge on any atom is -0.444 e. The van der Waals surface area contributed by atoms with Crippen molar-refractivity contribution in [3.05, 3.63) is 52.5 Å². The second-order valence-electron chi connectivity index (χ2n) is 8.08. The van der Waals surface area contributed by atoms with Gasteiger partial charge in [-0.3, -0.25) is 4.57 Å². The van der Waals surface area contributed by atoms with Gasteiger partial charge < -0.3 is 14.4 Å². The van der Waals surface area contributed by atoms with Crippen LogP contribution in [0.5, 0.6) is 0 Å². The fraction of sp³-hybridized carbons (Fsp3) is 0.381. The summed E-state index contributed by atoms with van der Waals surface area (Å²) in [6, 6.07) is 9.54. The van der Waals surface area contributed by atoms with Gasteiger partial charge in [0.1, 0.15) is 28.3 Å². The maximum atomic E-state index is 12.4. The largest absolute Gasteiger partial charge is 0.444 e. The van der Waals surface area contributed by atoms with Gasteiger partial charge in [-0.15, -0.1) is 0 Å². The number of carbonyl (C=O) groups excluding carboxylic acids is 1. The molecular weight excluding hydrogens is 427 g/mol. The minimum absolute atomic E-state index is 0.228. The van der Waals surface area contributed by atoms with Crippen molar-refractivity contribution >= 4 is 40.3 Å². The van der Waals surface area contributed by atoms with Crippen molar-refractivity contribution in [2.45, 2.75) is 32.5 Å². The Morgan fingerprint density at radius 2 is 1.93 bits per heavy atom. The summed E-state index contributed by atoms with van der Waals surface area (Å²) in [7, 11) is 0. The normalized spacial score (nSPS) is 17.4. The van der Waals surface area contributed by atoms with Crippen LogP contribution in [0.15, 0.2) is 36.7 Å². The van der Waals surface area contributed by atoms with Crippen LogP contribution in [-0.4, -0.2) is 50.8 Å². The SMILES string of the molecule is CC(C)(C)OC(=O)N1CCOC(c2ccc(-n3c(Cl)cc4c(Cl)ncnc43)cc2)C1. The molecule has 3 heterocycles. The lowest BCUT2D eigenvalue weighted by molar-refractivity contribution is -0.0432. The van der Waals surface area contributed by atoms with Crippen molar-refractivity contribution in [1.29, 1.82) is 0 Å². The Hall–Kier alpha value is -2.35. The van der Waals surface area contributed by atoms with Gasteiger partial charge in [-0.2, -0.15) is 0 Å². The highest BCUT2D eigenvalue weighted by Gasteiger charge is 2.29. The van der Waals surface area contributed by atoms with Crippen LogP contribution in [0.4, 0.5) is 4.79 Å². The van der Waals surface area contributed by atoms with Gasteiger partial charge in [0.25, 0.3) is 0 Å². The van der Waals surface area contributed by atoms with Gasteiger partial charge in [0.05, 0.1) is 18.5 Å². The van der Waals surface area contributed by atoms with E-state index >= 15 is 0 Å². The maximum absolute atomic E-state index is 12.4. The van der Waals surface area contributed by atoms with Gasteiger partial charge in [0.15, 0.2) is 5.65 Å². The first-order valence-electron chi connectivity index (χ1n) is 9.60. The highest BCUT2D eigenvalue weighted by molar-refractivity contribution is 6.36. The number of morpholine rings is 1. The highest BCUT2D eigenvalue weighted by Crippen LogP contribution is 2.31. The van der Waals surface area contributed by atoms with Crippen LogP contribution >= 0.6 is 23.2 Å². The predicted molar refractivity (Wildman–Crippen MR) is 115 cm³/mol. The molecule has 2 aromatic heterocycles. The number of benzene rings is 1. The van der Waals surface area contributed by atoms with Gasteiger partial charge in [-0.05, 0) is 44.5 Å². The highest BCUT2D eigenvalue weighted by atomic mass is 35.5. The molecule has 0 saturated carbocycles. The van der Waals surface area contributed by atoms with E-state index in [0.717, 1.165) is 11.3 Å². The lowest BCUT2D eigenvalue weighted by atomic mass is 10.1. The van der Waals surface area contributed by atoms with Crippen molar-refractivity contribution in [2.24, 2.45) is 0 Å². The summed E-state index contributed by atoms with van der Waals surface area (Å²) in [5.41, 5.74) is 1.91. The van der Waals surface area contributed by atoms with Gasteiger partial charge >= 0.3 is 6.09 Å². The van der Waals surface area contributed by atoms with Crippen LogP contribution in [0, 0.1) is 0 Å². The Balaban J connectivity index is 1.55. The predicted octanol–water partition coefficient (Wildman–Crippen LogP) is 5.04. The monoisotopic (exact) mass is 448 g/mol. The number of fused-ring (bicyclic) bond motifs is 1. The molecule has 1 aromatic carbocycles. The molecule has 1 unspecified atom stereocenters. The number of amides is 1. The molecule has 158 valence electrons. The maximum Gasteiger partial charge on any atom is 0.410 e. The molecule has 1 aliphatic rings. The molecule has 1 amide bonds. The van der Waals surface area contributed by atoms with Crippen molar-refractivity contribution in [3.63, 3.8) is 0 Å². The topological polar surface area (TPSA) is 69.5 Å². The molecule has 1 aliphatic heterocycles. The van der Waals surface area contributed by atoms with E-state index in [1.54, 1.807) is 11.0 Å².